The third kappa shape index (κ3) is 6.66. The number of hydrogen-bond donors (Lipinski definition) is 1. The molecule has 0 heterocycles. The molecule has 0 saturated heterocycles. The maximum atomic E-state index is 8.57. The van der Waals surface area contributed by atoms with Gasteiger partial charge in [-0.1, -0.05) is 46.5 Å². The molecule has 0 aromatic carbocycles. The fourth-order valence-electron chi connectivity index (χ4n) is 1.25. The molecule has 0 rings (SSSR count). The monoisotopic (exact) mass is 172 g/mol. The summed E-state index contributed by atoms with van der Waals surface area (Å²) in [4.78, 5) is 0. The largest absolute Gasteiger partial charge is 0.396 e. The molecule has 0 fully saturated rings. The van der Waals surface area contributed by atoms with Gasteiger partial charge >= 0.3 is 0 Å². The number of aliphatic hydroxyl groups excluding tert-OH is 1. The van der Waals surface area contributed by atoms with Gasteiger partial charge in [-0.15, -0.1) is 0 Å². The molecule has 0 unspecified atom stereocenters. The van der Waals surface area contributed by atoms with Crippen molar-refractivity contribution in [3.8, 4) is 0 Å². The standard InChI is InChI=1S/C11H24O/c1-4-11(2,3)9-7-5-6-8-10-12/h12H,4-10H2,1-3H3. The van der Waals surface area contributed by atoms with Gasteiger partial charge in [0.1, 0.15) is 0 Å². The van der Waals surface area contributed by atoms with Gasteiger partial charge in [0.15, 0.2) is 0 Å². The Bertz CT molecular complexity index is 97.2. The Kier molecular flexibility index (Phi) is 6.45. The topological polar surface area (TPSA) is 20.2 Å². The van der Waals surface area contributed by atoms with Gasteiger partial charge in [-0.2, -0.15) is 0 Å². The highest BCUT2D eigenvalue weighted by atomic mass is 16.2. The molecule has 0 radical (unpaired) electrons. The molecule has 1 heteroatoms. The fourth-order valence-corrected chi connectivity index (χ4v) is 1.25. The zero-order chi connectivity index (χ0) is 9.45. The van der Waals surface area contributed by atoms with Crippen molar-refractivity contribution in [2.45, 2.75) is 59.3 Å². The average molecular weight is 172 g/mol. The molecule has 0 aromatic rings. The van der Waals surface area contributed by atoms with E-state index in [4.69, 9.17) is 5.11 Å². The average Bonchev–Trinajstić information content (AvgIpc) is 2.04. The van der Waals surface area contributed by atoms with Crippen LogP contribution >= 0.6 is 0 Å². The minimum atomic E-state index is 0.358. The van der Waals surface area contributed by atoms with Crippen molar-refractivity contribution in [3.63, 3.8) is 0 Å². The van der Waals surface area contributed by atoms with Crippen molar-refractivity contribution < 1.29 is 5.11 Å². The van der Waals surface area contributed by atoms with Crippen molar-refractivity contribution >= 4 is 0 Å². The summed E-state index contributed by atoms with van der Waals surface area (Å²) >= 11 is 0. The van der Waals surface area contributed by atoms with Gasteiger partial charge in [-0.3, -0.25) is 0 Å². The zero-order valence-electron chi connectivity index (χ0n) is 8.90. The van der Waals surface area contributed by atoms with E-state index >= 15 is 0 Å². The summed E-state index contributed by atoms with van der Waals surface area (Å²) in [6.45, 7) is 7.28. The molecule has 1 N–H and O–H groups in total. The SMILES string of the molecule is CCC(C)(C)CCCCCCO. The fraction of sp³-hybridized carbons (Fsp3) is 1.00. The van der Waals surface area contributed by atoms with Gasteiger partial charge in [0, 0.05) is 6.61 Å². The lowest BCUT2D eigenvalue weighted by Crippen LogP contribution is -2.08. The molecule has 0 amide bonds. The molecule has 12 heavy (non-hydrogen) atoms. The first-order chi connectivity index (χ1) is 5.62. The van der Waals surface area contributed by atoms with Crippen molar-refractivity contribution in [3.05, 3.63) is 0 Å². The summed E-state index contributed by atoms with van der Waals surface area (Å²) < 4.78 is 0. The van der Waals surface area contributed by atoms with Gasteiger partial charge < -0.3 is 5.11 Å². The minimum Gasteiger partial charge on any atom is -0.396 e. The molecule has 0 aliphatic rings. The van der Waals surface area contributed by atoms with E-state index in [0.29, 0.717) is 12.0 Å². The number of rotatable bonds is 7. The predicted molar refractivity (Wildman–Crippen MR) is 54.2 cm³/mol. The van der Waals surface area contributed by atoms with Crippen LogP contribution in [0.1, 0.15) is 59.3 Å². The Balaban J connectivity index is 3.19. The molecule has 0 aliphatic heterocycles. The van der Waals surface area contributed by atoms with E-state index in [1.807, 2.05) is 0 Å². The van der Waals surface area contributed by atoms with Crippen LogP contribution in [-0.4, -0.2) is 11.7 Å². The highest BCUT2D eigenvalue weighted by molar-refractivity contribution is 4.65. The van der Waals surface area contributed by atoms with E-state index in [2.05, 4.69) is 20.8 Å². The Morgan fingerprint density at radius 2 is 1.58 bits per heavy atom. The van der Waals surface area contributed by atoms with Gasteiger partial charge in [0.25, 0.3) is 0 Å². The number of unbranched alkanes of at least 4 members (excludes halogenated alkanes) is 3. The zero-order valence-corrected chi connectivity index (χ0v) is 8.90. The molecular formula is C11H24O. The van der Waals surface area contributed by atoms with Crippen LogP contribution in [0.5, 0.6) is 0 Å². The Labute approximate surface area is 77.2 Å². The van der Waals surface area contributed by atoms with Crippen molar-refractivity contribution in [1.82, 2.24) is 0 Å². The van der Waals surface area contributed by atoms with Crippen molar-refractivity contribution in [2.24, 2.45) is 5.41 Å². The van der Waals surface area contributed by atoms with Gasteiger partial charge in [-0.25, -0.2) is 0 Å². The summed E-state index contributed by atoms with van der Waals surface area (Å²) in [6.07, 6.45) is 7.37. The molecule has 0 bridgehead atoms. The van der Waals surface area contributed by atoms with E-state index in [-0.39, 0.29) is 0 Å². The lowest BCUT2D eigenvalue weighted by molar-refractivity contribution is 0.275. The van der Waals surface area contributed by atoms with Crippen LogP contribution in [0, 0.1) is 5.41 Å². The van der Waals surface area contributed by atoms with Crippen LogP contribution in [0.4, 0.5) is 0 Å². The van der Waals surface area contributed by atoms with E-state index in [1.54, 1.807) is 0 Å². The summed E-state index contributed by atoms with van der Waals surface area (Å²) in [6, 6.07) is 0. The Morgan fingerprint density at radius 3 is 2.08 bits per heavy atom. The van der Waals surface area contributed by atoms with Crippen molar-refractivity contribution in [2.75, 3.05) is 6.61 Å². The first kappa shape index (κ1) is 12.0. The van der Waals surface area contributed by atoms with Crippen LogP contribution < -0.4 is 0 Å². The smallest absolute Gasteiger partial charge is 0.0431 e. The molecule has 0 atom stereocenters. The lowest BCUT2D eigenvalue weighted by atomic mass is 9.84. The Hall–Kier alpha value is -0.0400. The van der Waals surface area contributed by atoms with Crippen LogP contribution in [0.15, 0.2) is 0 Å². The molecule has 0 aromatic heterocycles. The Morgan fingerprint density at radius 1 is 1.00 bits per heavy atom. The maximum Gasteiger partial charge on any atom is 0.0431 e. The first-order valence-corrected chi connectivity index (χ1v) is 5.23. The molecule has 0 spiro atoms. The number of aliphatic hydroxyl groups is 1. The summed E-state index contributed by atoms with van der Waals surface area (Å²) in [7, 11) is 0. The summed E-state index contributed by atoms with van der Waals surface area (Å²) in [5, 5.41) is 8.57. The van der Waals surface area contributed by atoms with Gasteiger partial charge in [0.2, 0.25) is 0 Å². The number of hydrogen-bond acceptors (Lipinski definition) is 1. The van der Waals surface area contributed by atoms with E-state index in [1.165, 1.54) is 32.1 Å². The van der Waals surface area contributed by atoms with E-state index < -0.39 is 0 Å². The summed E-state index contributed by atoms with van der Waals surface area (Å²) in [5.41, 5.74) is 0.527. The third-order valence-electron chi connectivity index (χ3n) is 2.72. The van der Waals surface area contributed by atoms with Crippen molar-refractivity contribution in [1.29, 1.82) is 0 Å². The second kappa shape index (κ2) is 6.47. The molecular weight excluding hydrogens is 148 g/mol. The first-order valence-electron chi connectivity index (χ1n) is 5.23. The van der Waals surface area contributed by atoms with Gasteiger partial charge in [0.05, 0.1) is 0 Å². The molecule has 0 saturated carbocycles. The molecule has 1 nitrogen and oxygen atoms in total. The third-order valence-corrected chi connectivity index (χ3v) is 2.72. The second-order valence-corrected chi connectivity index (χ2v) is 4.41. The van der Waals surface area contributed by atoms with Crippen LogP contribution in [-0.2, 0) is 0 Å². The summed E-state index contributed by atoms with van der Waals surface area (Å²) in [5.74, 6) is 0. The maximum absolute atomic E-state index is 8.57. The highest BCUT2D eigenvalue weighted by Gasteiger charge is 2.13. The van der Waals surface area contributed by atoms with Crippen LogP contribution in [0.2, 0.25) is 0 Å². The van der Waals surface area contributed by atoms with Crippen LogP contribution in [0.3, 0.4) is 0 Å². The second-order valence-electron chi connectivity index (χ2n) is 4.41. The van der Waals surface area contributed by atoms with E-state index in [9.17, 15) is 0 Å². The minimum absolute atomic E-state index is 0.358. The normalized spacial score (nSPS) is 12.0. The van der Waals surface area contributed by atoms with E-state index in [0.717, 1.165) is 6.42 Å². The highest BCUT2D eigenvalue weighted by Crippen LogP contribution is 2.27. The molecule has 0 aliphatic carbocycles. The van der Waals surface area contributed by atoms with Gasteiger partial charge in [-0.05, 0) is 18.3 Å². The molecule has 74 valence electrons. The lowest BCUT2D eigenvalue weighted by Gasteiger charge is -2.22. The van der Waals surface area contributed by atoms with Crippen LogP contribution in [0.25, 0.3) is 0 Å². The quantitative estimate of drug-likeness (QED) is 0.584. The predicted octanol–water partition coefficient (Wildman–Crippen LogP) is 3.37.